The molecule has 0 fully saturated rings. The van der Waals surface area contributed by atoms with Crippen LogP contribution in [-0.2, 0) is 11.8 Å². The number of ether oxygens (including phenoxy) is 3. The summed E-state index contributed by atoms with van der Waals surface area (Å²) >= 11 is 0. The Kier molecular flexibility index (Phi) is 8.32. The summed E-state index contributed by atoms with van der Waals surface area (Å²) in [6.45, 7) is 7.99. The van der Waals surface area contributed by atoms with Crippen LogP contribution in [0.25, 0.3) is 12.2 Å². The standard InChI is InChI=1S/C31H34N4O6/c1-8-19-26(40-6)20(14-24(39-5)27(19)41-7)25(36)18-11-9-10-17(12-18)13-22-29(37)35-23(30(38)34-22)15-21-28(31(2,3)4)33-16-32-21/h9-16H,8H2,1-7H3,(H,32,33)(H,34,38)(H,35,37)/b22-13-,23-15-. The average Bonchev–Trinajstić information content (AvgIpc) is 3.43. The summed E-state index contributed by atoms with van der Waals surface area (Å²) in [4.78, 5) is 52.1. The van der Waals surface area contributed by atoms with E-state index in [1.165, 1.54) is 27.4 Å². The first-order valence-electron chi connectivity index (χ1n) is 13.1. The van der Waals surface area contributed by atoms with Crippen LogP contribution in [0.4, 0.5) is 0 Å². The Morgan fingerprint density at radius 1 is 0.927 bits per heavy atom. The molecular weight excluding hydrogens is 524 g/mol. The maximum absolute atomic E-state index is 13.7. The molecule has 3 N–H and O–H groups in total. The molecule has 2 aromatic heterocycles. The molecule has 2 heterocycles. The number of aromatic nitrogens is 4. The van der Waals surface area contributed by atoms with Crippen molar-refractivity contribution in [2.45, 2.75) is 39.5 Å². The number of methoxy groups -OCH3 is 3. The summed E-state index contributed by atoms with van der Waals surface area (Å²) < 4.78 is 16.6. The van der Waals surface area contributed by atoms with Crippen molar-refractivity contribution in [3.05, 3.63) is 102 Å². The van der Waals surface area contributed by atoms with Crippen molar-refractivity contribution in [1.82, 2.24) is 19.9 Å². The first-order chi connectivity index (χ1) is 19.5. The number of benzene rings is 2. The molecule has 4 rings (SSSR count). The Morgan fingerprint density at radius 2 is 1.59 bits per heavy atom. The number of carbonyl (C=O) groups is 1. The van der Waals surface area contributed by atoms with E-state index in [2.05, 4.69) is 19.9 Å². The van der Waals surface area contributed by atoms with Gasteiger partial charge >= 0.3 is 0 Å². The summed E-state index contributed by atoms with van der Waals surface area (Å²) in [5.41, 5.74) is 2.15. The molecule has 0 bridgehead atoms. The van der Waals surface area contributed by atoms with Crippen LogP contribution >= 0.6 is 0 Å². The fourth-order valence-corrected chi connectivity index (χ4v) is 4.71. The van der Waals surface area contributed by atoms with Gasteiger partial charge in [0.15, 0.2) is 17.3 Å². The highest BCUT2D eigenvalue weighted by molar-refractivity contribution is 6.11. The number of nitrogens with zero attached hydrogens (tertiary/aromatic N) is 1. The first-order valence-corrected chi connectivity index (χ1v) is 13.1. The van der Waals surface area contributed by atoms with E-state index in [0.29, 0.717) is 51.6 Å². The zero-order valence-electron chi connectivity index (χ0n) is 24.2. The van der Waals surface area contributed by atoms with Crippen LogP contribution < -0.4 is 36.0 Å². The molecule has 0 unspecified atom stereocenters. The van der Waals surface area contributed by atoms with E-state index in [0.717, 1.165) is 5.69 Å². The van der Waals surface area contributed by atoms with Crippen LogP contribution in [0.15, 0.2) is 46.2 Å². The number of aromatic amines is 3. The highest BCUT2D eigenvalue weighted by Gasteiger charge is 2.24. The molecule has 10 heteroatoms. The molecule has 41 heavy (non-hydrogen) atoms. The number of ketones is 1. The average molecular weight is 559 g/mol. The number of H-pyrrole nitrogens is 3. The summed E-state index contributed by atoms with van der Waals surface area (Å²) in [7, 11) is 4.54. The van der Waals surface area contributed by atoms with E-state index in [-0.39, 0.29) is 21.9 Å². The van der Waals surface area contributed by atoms with Crippen LogP contribution in [0.1, 0.15) is 66.1 Å². The van der Waals surface area contributed by atoms with Gasteiger partial charge in [0.05, 0.1) is 38.9 Å². The molecule has 4 aromatic rings. The minimum Gasteiger partial charge on any atom is -0.496 e. The van der Waals surface area contributed by atoms with E-state index in [1.807, 2.05) is 27.7 Å². The van der Waals surface area contributed by atoms with Gasteiger partial charge in [-0.05, 0) is 36.3 Å². The highest BCUT2D eigenvalue weighted by atomic mass is 16.5. The molecule has 2 aromatic carbocycles. The monoisotopic (exact) mass is 558 g/mol. The van der Waals surface area contributed by atoms with Crippen molar-refractivity contribution >= 4 is 17.9 Å². The van der Waals surface area contributed by atoms with Gasteiger partial charge in [-0.25, -0.2) is 4.98 Å². The third-order valence-corrected chi connectivity index (χ3v) is 6.66. The Morgan fingerprint density at radius 3 is 2.17 bits per heavy atom. The fourth-order valence-electron chi connectivity index (χ4n) is 4.71. The van der Waals surface area contributed by atoms with Crippen LogP contribution in [-0.4, -0.2) is 47.0 Å². The van der Waals surface area contributed by atoms with Crippen LogP contribution in [0.2, 0.25) is 0 Å². The van der Waals surface area contributed by atoms with Crippen LogP contribution in [0, 0.1) is 0 Å². The zero-order valence-corrected chi connectivity index (χ0v) is 24.2. The summed E-state index contributed by atoms with van der Waals surface area (Å²) in [5, 5.41) is 0.132. The quantitative estimate of drug-likeness (QED) is 0.283. The second kappa shape index (κ2) is 11.7. The van der Waals surface area contributed by atoms with Crippen molar-refractivity contribution in [3.63, 3.8) is 0 Å². The molecule has 214 valence electrons. The molecule has 0 atom stereocenters. The van der Waals surface area contributed by atoms with Gasteiger partial charge in [0.1, 0.15) is 16.4 Å². The summed E-state index contributed by atoms with van der Waals surface area (Å²) in [5.74, 6) is 1.04. The first kappa shape index (κ1) is 29.1. The largest absolute Gasteiger partial charge is 0.496 e. The van der Waals surface area contributed by atoms with Crippen molar-refractivity contribution in [2.75, 3.05) is 21.3 Å². The predicted octanol–water partition coefficient (Wildman–Crippen LogP) is 2.56. The van der Waals surface area contributed by atoms with E-state index < -0.39 is 11.1 Å². The lowest BCUT2D eigenvalue weighted by atomic mass is 9.90. The highest BCUT2D eigenvalue weighted by Crippen LogP contribution is 2.41. The molecular formula is C31H34N4O6. The lowest BCUT2D eigenvalue weighted by Gasteiger charge is -2.18. The Bertz CT molecular complexity index is 1840. The van der Waals surface area contributed by atoms with Gasteiger partial charge in [-0.1, -0.05) is 45.9 Å². The maximum Gasteiger partial charge on any atom is 0.272 e. The van der Waals surface area contributed by atoms with Gasteiger partial charge in [0.25, 0.3) is 11.1 Å². The van der Waals surface area contributed by atoms with Crippen LogP contribution in [0.3, 0.4) is 0 Å². The lowest BCUT2D eigenvalue weighted by Crippen LogP contribution is -2.46. The number of nitrogens with one attached hydrogen (secondary N) is 3. The predicted molar refractivity (Wildman–Crippen MR) is 157 cm³/mol. The number of carbonyl (C=O) groups excluding carboxylic acids is 1. The molecule has 10 nitrogen and oxygen atoms in total. The number of hydrogen-bond acceptors (Lipinski definition) is 7. The van der Waals surface area contributed by atoms with Crippen molar-refractivity contribution in [2.24, 2.45) is 0 Å². The van der Waals surface area contributed by atoms with Crippen LogP contribution in [0.5, 0.6) is 17.2 Å². The molecule has 0 amide bonds. The smallest absolute Gasteiger partial charge is 0.272 e. The van der Waals surface area contributed by atoms with E-state index in [1.54, 1.807) is 42.7 Å². The molecule has 0 saturated carbocycles. The molecule has 0 radical (unpaired) electrons. The maximum atomic E-state index is 13.7. The SMILES string of the molecule is CCc1c(OC)c(OC)cc(C(=O)c2cccc(/C=c3\[nH]c(=O)/c(=C/c4nc[nH]c4C(C)(C)C)[nH]c3=O)c2)c1OC. The summed E-state index contributed by atoms with van der Waals surface area (Å²) in [6, 6.07) is 8.34. The van der Waals surface area contributed by atoms with Gasteiger partial charge in [-0.15, -0.1) is 0 Å². The van der Waals surface area contributed by atoms with Gasteiger partial charge in [0, 0.05) is 22.2 Å². The fraction of sp³-hybridized carbons (Fsp3) is 0.290. The Hall–Kier alpha value is -4.86. The third-order valence-electron chi connectivity index (χ3n) is 6.66. The van der Waals surface area contributed by atoms with Crippen molar-refractivity contribution < 1.29 is 19.0 Å². The molecule has 0 saturated heterocycles. The van der Waals surface area contributed by atoms with Gasteiger partial charge in [-0.2, -0.15) is 0 Å². The number of hydrogen-bond donors (Lipinski definition) is 3. The van der Waals surface area contributed by atoms with Gasteiger partial charge in [0.2, 0.25) is 0 Å². The second-order valence-electron chi connectivity index (χ2n) is 10.4. The minimum absolute atomic E-state index is 0.0480. The number of imidazole rings is 1. The Labute approximate surface area is 236 Å². The van der Waals surface area contributed by atoms with E-state index >= 15 is 0 Å². The minimum atomic E-state index is -0.491. The van der Waals surface area contributed by atoms with Gasteiger partial charge < -0.3 is 29.2 Å². The number of rotatable bonds is 8. The van der Waals surface area contributed by atoms with E-state index in [4.69, 9.17) is 14.2 Å². The topological polar surface area (TPSA) is 139 Å². The molecule has 0 aliphatic carbocycles. The second-order valence-corrected chi connectivity index (χ2v) is 10.4. The summed E-state index contributed by atoms with van der Waals surface area (Å²) in [6.07, 6.45) is 5.16. The van der Waals surface area contributed by atoms with Crippen molar-refractivity contribution in [1.29, 1.82) is 0 Å². The van der Waals surface area contributed by atoms with Crippen molar-refractivity contribution in [3.8, 4) is 17.2 Å². The van der Waals surface area contributed by atoms with Gasteiger partial charge in [-0.3, -0.25) is 14.4 Å². The van der Waals surface area contributed by atoms with E-state index in [9.17, 15) is 14.4 Å². The third kappa shape index (κ3) is 5.86. The molecule has 0 spiro atoms. The zero-order chi connectivity index (χ0) is 29.9. The molecule has 0 aliphatic heterocycles. The normalized spacial score (nSPS) is 12.5. The Balaban J connectivity index is 1.77. The lowest BCUT2D eigenvalue weighted by molar-refractivity contribution is 0.103. The molecule has 0 aliphatic rings.